The highest BCUT2D eigenvalue weighted by atomic mass is 32.1. The zero-order valence-electron chi connectivity index (χ0n) is 15.8. The summed E-state index contributed by atoms with van der Waals surface area (Å²) in [7, 11) is 0. The van der Waals surface area contributed by atoms with Gasteiger partial charge in [-0.1, -0.05) is 0 Å². The van der Waals surface area contributed by atoms with Crippen LogP contribution in [0.5, 0.6) is 0 Å². The summed E-state index contributed by atoms with van der Waals surface area (Å²) in [6.45, 7) is 8.64. The average Bonchev–Trinajstić information content (AvgIpc) is 3.12. The van der Waals surface area contributed by atoms with Gasteiger partial charge < -0.3 is 14.8 Å². The number of amides is 1. The Balaban J connectivity index is 1.61. The molecule has 1 amide bonds. The lowest BCUT2D eigenvalue weighted by molar-refractivity contribution is -0.117. The number of morpholine rings is 1. The van der Waals surface area contributed by atoms with E-state index in [1.165, 1.54) is 16.2 Å². The molecule has 2 aliphatic rings. The Bertz CT molecular complexity index is 663. The second kappa shape index (κ2) is 8.50. The maximum absolute atomic E-state index is 12.5. The average molecular weight is 381 g/mol. The predicted octanol–water partition coefficient (Wildman–Crippen LogP) is 2.85. The third kappa shape index (κ3) is 4.45. The number of esters is 1. The van der Waals surface area contributed by atoms with Crippen molar-refractivity contribution >= 4 is 28.2 Å². The number of ether oxygens (including phenoxy) is 2. The van der Waals surface area contributed by atoms with Crippen LogP contribution in [0.3, 0.4) is 0 Å². The normalized spacial score (nSPS) is 22.9. The van der Waals surface area contributed by atoms with E-state index < -0.39 is 0 Å². The van der Waals surface area contributed by atoms with Crippen LogP contribution in [0.2, 0.25) is 0 Å². The van der Waals surface area contributed by atoms with E-state index in [0.717, 1.165) is 37.9 Å². The maximum atomic E-state index is 12.5. The SMILES string of the molecule is CCOC(=O)c1c(NC(=O)CCN2C[C@@H](C)O[C@@H](C)C2)sc2c1CCC2. The Labute approximate surface area is 158 Å². The summed E-state index contributed by atoms with van der Waals surface area (Å²) in [6.07, 6.45) is 3.72. The van der Waals surface area contributed by atoms with Crippen molar-refractivity contribution in [1.29, 1.82) is 0 Å². The Morgan fingerprint density at radius 3 is 2.69 bits per heavy atom. The number of nitrogens with one attached hydrogen (secondary N) is 1. The van der Waals surface area contributed by atoms with E-state index in [9.17, 15) is 9.59 Å². The summed E-state index contributed by atoms with van der Waals surface area (Å²) >= 11 is 1.53. The van der Waals surface area contributed by atoms with Crippen LogP contribution in [-0.2, 0) is 27.1 Å². The molecular weight excluding hydrogens is 352 g/mol. The zero-order chi connectivity index (χ0) is 18.7. The summed E-state index contributed by atoms with van der Waals surface area (Å²) in [6, 6.07) is 0. The summed E-state index contributed by atoms with van der Waals surface area (Å²) in [4.78, 5) is 28.3. The number of carbonyl (C=O) groups is 2. The summed E-state index contributed by atoms with van der Waals surface area (Å²) in [5.74, 6) is -0.375. The molecule has 2 heterocycles. The van der Waals surface area contributed by atoms with E-state index >= 15 is 0 Å². The van der Waals surface area contributed by atoms with Gasteiger partial charge >= 0.3 is 5.97 Å². The first-order chi connectivity index (χ1) is 12.5. The fourth-order valence-electron chi connectivity index (χ4n) is 3.83. The third-order valence-corrected chi connectivity index (χ3v) is 6.01. The van der Waals surface area contributed by atoms with Gasteiger partial charge in [0.05, 0.1) is 24.4 Å². The van der Waals surface area contributed by atoms with E-state index in [-0.39, 0.29) is 24.1 Å². The molecular formula is C19H28N2O4S. The number of thiophene rings is 1. The Morgan fingerprint density at radius 1 is 1.27 bits per heavy atom. The second-order valence-electron chi connectivity index (χ2n) is 7.10. The monoisotopic (exact) mass is 380 g/mol. The molecule has 1 aliphatic heterocycles. The number of hydrogen-bond acceptors (Lipinski definition) is 6. The molecule has 3 rings (SSSR count). The van der Waals surface area contributed by atoms with Crippen LogP contribution in [0.25, 0.3) is 0 Å². The molecule has 26 heavy (non-hydrogen) atoms. The highest BCUT2D eigenvalue weighted by molar-refractivity contribution is 7.17. The van der Waals surface area contributed by atoms with Crippen LogP contribution >= 0.6 is 11.3 Å². The van der Waals surface area contributed by atoms with Gasteiger partial charge in [-0.3, -0.25) is 9.69 Å². The number of nitrogens with zero attached hydrogens (tertiary/aromatic N) is 1. The minimum Gasteiger partial charge on any atom is -0.462 e. The van der Waals surface area contributed by atoms with E-state index in [2.05, 4.69) is 24.1 Å². The molecule has 0 saturated carbocycles. The van der Waals surface area contributed by atoms with Crippen LogP contribution in [-0.4, -0.2) is 55.2 Å². The standard InChI is InChI=1S/C19H28N2O4S/c1-4-24-19(23)17-14-6-5-7-15(14)26-18(17)20-16(22)8-9-21-10-12(2)25-13(3)11-21/h12-13H,4-11H2,1-3H3,(H,20,22)/t12-,13+. The molecule has 0 spiro atoms. The van der Waals surface area contributed by atoms with Crippen molar-refractivity contribution in [3.8, 4) is 0 Å². The maximum Gasteiger partial charge on any atom is 0.341 e. The van der Waals surface area contributed by atoms with Gasteiger partial charge in [-0.2, -0.15) is 0 Å². The highest BCUT2D eigenvalue weighted by Gasteiger charge is 2.28. The first-order valence-corrected chi connectivity index (χ1v) is 10.3. The van der Waals surface area contributed by atoms with Crippen molar-refractivity contribution in [3.63, 3.8) is 0 Å². The highest BCUT2D eigenvalue weighted by Crippen LogP contribution is 2.39. The predicted molar refractivity (Wildman–Crippen MR) is 102 cm³/mol. The van der Waals surface area contributed by atoms with E-state index in [1.807, 2.05) is 0 Å². The van der Waals surface area contributed by atoms with Crippen molar-refractivity contribution in [2.45, 2.75) is 58.7 Å². The Morgan fingerprint density at radius 2 is 2.00 bits per heavy atom. The third-order valence-electron chi connectivity index (χ3n) is 4.80. The Kier molecular flexibility index (Phi) is 6.32. The van der Waals surface area contributed by atoms with E-state index in [0.29, 0.717) is 30.1 Å². The van der Waals surface area contributed by atoms with Gasteiger partial charge in [0.2, 0.25) is 5.91 Å². The van der Waals surface area contributed by atoms with Crippen LogP contribution < -0.4 is 5.32 Å². The number of fused-ring (bicyclic) bond motifs is 1. The molecule has 2 atom stereocenters. The lowest BCUT2D eigenvalue weighted by atomic mass is 10.1. The first-order valence-electron chi connectivity index (χ1n) is 9.47. The second-order valence-corrected chi connectivity index (χ2v) is 8.20. The molecule has 6 nitrogen and oxygen atoms in total. The fourth-order valence-corrected chi connectivity index (χ4v) is 5.12. The van der Waals surface area contributed by atoms with Gasteiger partial charge in [0.1, 0.15) is 5.00 Å². The summed E-state index contributed by atoms with van der Waals surface area (Å²) in [5.41, 5.74) is 1.64. The summed E-state index contributed by atoms with van der Waals surface area (Å²) in [5, 5.41) is 3.62. The fraction of sp³-hybridized carbons (Fsp3) is 0.684. The quantitative estimate of drug-likeness (QED) is 0.769. The molecule has 1 aromatic rings. The van der Waals surface area contributed by atoms with Gasteiger partial charge in [0.15, 0.2) is 0 Å². The molecule has 1 aliphatic carbocycles. The Hall–Kier alpha value is -1.44. The van der Waals surface area contributed by atoms with E-state index in [1.54, 1.807) is 6.92 Å². The molecule has 0 aromatic carbocycles. The van der Waals surface area contributed by atoms with Crippen molar-refractivity contribution in [2.75, 3.05) is 31.6 Å². The topological polar surface area (TPSA) is 67.9 Å². The van der Waals surface area contributed by atoms with Gasteiger partial charge in [-0.05, 0) is 45.6 Å². The smallest absolute Gasteiger partial charge is 0.341 e. The van der Waals surface area contributed by atoms with Gasteiger partial charge in [0, 0.05) is 30.9 Å². The molecule has 1 fully saturated rings. The number of aryl methyl sites for hydroxylation is 1. The molecule has 1 aromatic heterocycles. The van der Waals surface area contributed by atoms with Gasteiger partial charge in [-0.15, -0.1) is 11.3 Å². The molecule has 1 saturated heterocycles. The van der Waals surface area contributed by atoms with Crippen LogP contribution in [0.15, 0.2) is 0 Å². The number of rotatable bonds is 6. The van der Waals surface area contributed by atoms with Crippen molar-refractivity contribution < 1.29 is 19.1 Å². The molecule has 144 valence electrons. The van der Waals surface area contributed by atoms with Gasteiger partial charge in [0.25, 0.3) is 0 Å². The minimum absolute atomic E-state index is 0.0535. The van der Waals surface area contributed by atoms with Crippen LogP contribution in [0, 0.1) is 0 Å². The van der Waals surface area contributed by atoms with Crippen LogP contribution in [0.4, 0.5) is 5.00 Å². The molecule has 0 bridgehead atoms. The number of anilines is 1. The number of hydrogen-bond donors (Lipinski definition) is 1. The minimum atomic E-state index is -0.321. The number of carbonyl (C=O) groups excluding carboxylic acids is 2. The first kappa shape index (κ1) is 19.3. The lowest BCUT2D eigenvalue weighted by Crippen LogP contribution is -2.46. The molecule has 7 heteroatoms. The van der Waals surface area contributed by atoms with Crippen molar-refractivity contribution in [3.05, 3.63) is 16.0 Å². The van der Waals surface area contributed by atoms with Crippen molar-refractivity contribution in [2.24, 2.45) is 0 Å². The van der Waals surface area contributed by atoms with Crippen molar-refractivity contribution in [1.82, 2.24) is 4.90 Å². The molecule has 0 radical (unpaired) electrons. The summed E-state index contributed by atoms with van der Waals surface area (Å²) < 4.78 is 10.9. The largest absolute Gasteiger partial charge is 0.462 e. The lowest BCUT2D eigenvalue weighted by Gasteiger charge is -2.35. The zero-order valence-corrected chi connectivity index (χ0v) is 16.6. The van der Waals surface area contributed by atoms with E-state index in [4.69, 9.17) is 9.47 Å². The van der Waals surface area contributed by atoms with Gasteiger partial charge in [-0.25, -0.2) is 4.79 Å². The molecule has 1 N–H and O–H groups in total. The van der Waals surface area contributed by atoms with Crippen LogP contribution in [0.1, 0.15) is 54.4 Å². The molecule has 0 unspecified atom stereocenters.